The number of rotatable bonds is 27. The Bertz CT molecular complexity index is 708. The molecule has 1 unspecified atom stereocenters. The number of ether oxygens (including phenoxy) is 2. The van der Waals surface area contributed by atoms with Crippen molar-refractivity contribution in [2.75, 3.05) is 26.9 Å². The number of hydrogen-bond acceptors (Lipinski definition) is 7. The number of aliphatic hydroxyl groups excluding tert-OH is 1. The molecule has 0 saturated heterocycles. The van der Waals surface area contributed by atoms with Gasteiger partial charge in [0, 0.05) is 20.1 Å². The summed E-state index contributed by atoms with van der Waals surface area (Å²) in [5.41, 5.74) is -0.333. The van der Waals surface area contributed by atoms with Crippen LogP contribution in [0, 0.1) is 0 Å². The number of hydrogen-bond donors (Lipinski definition) is 1. The van der Waals surface area contributed by atoms with Crippen LogP contribution >= 0.6 is 0 Å². The van der Waals surface area contributed by atoms with Gasteiger partial charge in [-0.2, -0.15) is 5.06 Å². The van der Waals surface area contributed by atoms with E-state index >= 15 is 0 Å². The predicted octanol–water partition coefficient (Wildman–Crippen LogP) is 7.26. The third-order valence-electron chi connectivity index (χ3n) is 7.17. The summed E-state index contributed by atoms with van der Waals surface area (Å²) in [6.07, 6.45) is 22.4. The van der Waals surface area contributed by atoms with Crippen LogP contribution in [0.1, 0.15) is 143 Å². The number of allylic oxidation sites excluding steroid dienone is 2. The maximum Gasteiger partial charge on any atom is 0.332 e. The molecule has 0 saturated carbocycles. The monoisotopic (exact) mass is 583 g/mol. The first-order valence-electron chi connectivity index (χ1n) is 16.1. The van der Waals surface area contributed by atoms with E-state index in [0.29, 0.717) is 13.0 Å². The third kappa shape index (κ3) is 24.5. The summed E-state index contributed by atoms with van der Waals surface area (Å²) in [4.78, 5) is 40.5. The van der Waals surface area contributed by atoms with Crippen molar-refractivity contribution in [2.24, 2.45) is 0 Å². The van der Waals surface area contributed by atoms with E-state index in [1.54, 1.807) is 6.92 Å². The highest BCUT2D eigenvalue weighted by atomic mass is 16.7. The van der Waals surface area contributed by atoms with Crippen LogP contribution in [0.2, 0.25) is 0 Å². The Morgan fingerprint density at radius 3 is 1.95 bits per heavy atom. The van der Waals surface area contributed by atoms with E-state index in [9.17, 15) is 14.4 Å². The second kappa shape index (κ2) is 25.9. The Balaban J connectivity index is 3.75. The molecule has 0 aliphatic rings. The highest BCUT2D eigenvalue weighted by Gasteiger charge is 2.21. The number of hydroxylamine groups is 2. The lowest BCUT2D eigenvalue weighted by atomic mass is 10.1. The zero-order valence-electron chi connectivity index (χ0n) is 26.9. The van der Waals surface area contributed by atoms with Gasteiger partial charge in [0.2, 0.25) is 0 Å². The molecule has 1 atom stereocenters. The number of unbranched alkanes of at least 4 members (excludes halogenated alkanes) is 12. The van der Waals surface area contributed by atoms with Crippen LogP contribution < -0.4 is 0 Å². The van der Waals surface area contributed by atoms with Crippen molar-refractivity contribution in [1.29, 1.82) is 0 Å². The van der Waals surface area contributed by atoms with Gasteiger partial charge >= 0.3 is 5.97 Å². The Labute approximate surface area is 250 Å². The number of carbonyl (C=O) groups excluding carboxylic acids is 3. The van der Waals surface area contributed by atoms with Crippen LogP contribution in [0.3, 0.4) is 0 Å². The van der Waals surface area contributed by atoms with E-state index in [2.05, 4.69) is 19.1 Å². The number of aliphatic hydroxyl groups is 1. The molecule has 0 fully saturated rings. The number of carbonyl (C=O) groups is 3. The molecule has 8 heteroatoms. The minimum Gasteiger partial charge on any atom is -0.396 e. The van der Waals surface area contributed by atoms with Crippen molar-refractivity contribution in [3.63, 3.8) is 0 Å². The average molecular weight is 584 g/mol. The molecule has 1 amide bonds. The SMILES string of the molecule is CCCCCCCC/C=C\CCCCCCCCOC(C)(C)CCOC(C)C(=O)CCC(=O)ON(C)C(=O)CCO. The summed E-state index contributed by atoms with van der Waals surface area (Å²) in [7, 11) is 1.30. The van der Waals surface area contributed by atoms with Gasteiger partial charge in [-0.1, -0.05) is 76.9 Å². The molecule has 0 aliphatic heterocycles. The molecule has 0 rings (SSSR count). The van der Waals surface area contributed by atoms with Crippen LogP contribution in [0.25, 0.3) is 0 Å². The Hall–Kier alpha value is -1.77. The maximum atomic E-state index is 12.3. The zero-order valence-corrected chi connectivity index (χ0v) is 26.9. The fourth-order valence-electron chi connectivity index (χ4n) is 4.28. The van der Waals surface area contributed by atoms with Crippen LogP contribution in [-0.2, 0) is 28.7 Å². The van der Waals surface area contributed by atoms with E-state index in [-0.39, 0.29) is 37.3 Å². The molecular weight excluding hydrogens is 522 g/mol. The smallest absolute Gasteiger partial charge is 0.332 e. The Morgan fingerprint density at radius 1 is 0.805 bits per heavy atom. The predicted molar refractivity (Wildman–Crippen MR) is 164 cm³/mol. The first-order chi connectivity index (χ1) is 19.6. The summed E-state index contributed by atoms with van der Waals surface area (Å²) < 4.78 is 11.7. The molecule has 240 valence electrons. The fraction of sp³-hybridized carbons (Fsp3) is 0.848. The van der Waals surface area contributed by atoms with E-state index in [1.807, 2.05) is 13.8 Å². The minimum atomic E-state index is -0.680. The molecule has 0 aromatic heterocycles. The van der Waals surface area contributed by atoms with E-state index in [4.69, 9.17) is 19.4 Å². The third-order valence-corrected chi connectivity index (χ3v) is 7.17. The van der Waals surface area contributed by atoms with Gasteiger partial charge in [0.15, 0.2) is 5.78 Å². The number of ketones is 1. The molecule has 0 spiro atoms. The van der Waals surface area contributed by atoms with Crippen molar-refractivity contribution in [3.05, 3.63) is 12.2 Å². The van der Waals surface area contributed by atoms with E-state index < -0.39 is 18.0 Å². The summed E-state index contributed by atoms with van der Waals surface area (Å²) >= 11 is 0. The number of nitrogens with zero attached hydrogens (tertiary/aromatic N) is 1. The largest absolute Gasteiger partial charge is 0.396 e. The first kappa shape index (κ1) is 39.2. The Kier molecular flexibility index (Phi) is 24.8. The molecule has 1 N–H and O–H groups in total. The quantitative estimate of drug-likeness (QED) is 0.0616. The van der Waals surface area contributed by atoms with E-state index in [0.717, 1.165) is 18.1 Å². The summed E-state index contributed by atoms with van der Waals surface area (Å²) in [5.74, 6) is -1.39. The zero-order chi connectivity index (χ0) is 30.8. The summed E-state index contributed by atoms with van der Waals surface area (Å²) in [5, 5.41) is 9.55. The van der Waals surface area contributed by atoms with Gasteiger partial charge in [-0.25, -0.2) is 4.79 Å². The van der Waals surface area contributed by atoms with Crippen LogP contribution in [-0.4, -0.2) is 66.4 Å². The van der Waals surface area contributed by atoms with Crippen molar-refractivity contribution >= 4 is 17.7 Å². The minimum absolute atomic E-state index is 0.0299. The van der Waals surface area contributed by atoms with Gasteiger partial charge in [-0.3, -0.25) is 9.59 Å². The highest BCUT2D eigenvalue weighted by Crippen LogP contribution is 2.17. The van der Waals surface area contributed by atoms with E-state index in [1.165, 1.54) is 90.5 Å². The molecule has 8 nitrogen and oxygen atoms in total. The van der Waals surface area contributed by atoms with Gasteiger partial charge in [0.1, 0.15) is 6.10 Å². The summed E-state index contributed by atoms with van der Waals surface area (Å²) in [6, 6.07) is 0. The van der Waals surface area contributed by atoms with Gasteiger partial charge in [0.05, 0.1) is 31.7 Å². The standard InChI is InChI=1S/C33H61NO7/c1-6-7-8-9-10-11-12-13-14-15-16-17-18-19-20-21-27-40-33(3,4)25-28-39-29(2)30(36)22-23-32(38)41-34(5)31(37)24-26-35/h13-14,29,35H,6-12,15-28H2,1-5H3/b14-13-. The molecular formula is C33H61NO7. The second-order valence-corrected chi connectivity index (χ2v) is 11.6. The van der Waals surface area contributed by atoms with Crippen LogP contribution in [0.4, 0.5) is 0 Å². The van der Waals surface area contributed by atoms with Gasteiger partial charge in [-0.15, -0.1) is 0 Å². The van der Waals surface area contributed by atoms with Crippen molar-refractivity contribution in [3.8, 4) is 0 Å². The summed E-state index contributed by atoms with van der Waals surface area (Å²) in [6.45, 7) is 8.79. The molecule has 0 heterocycles. The van der Waals surface area contributed by atoms with Crippen molar-refractivity contribution in [2.45, 2.75) is 155 Å². The molecule has 0 bridgehead atoms. The maximum absolute atomic E-state index is 12.3. The first-order valence-corrected chi connectivity index (χ1v) is 16.1. The average Bonchev–Trinajstić information content (AvgIpc) is 2.93. The number of Topliss-reactive ketones (excluding diaryl/α,β-unsaturated/α-hetero) is 1. The number of amides is 1. The van der Waals surface area contributed by atoms with Crippen molar-refractivity contribution < 1.29 is 33.8 Å². The molecule has 0 aromatic rings. The molecule has 41 heavy (non-hydrogen) atoms. The second-order valence-electron chi connectivity index (χ2n) is 11.6. The van der Waals surface area contributed by atoms with Crippen LogP contribution in [0.5, 0.6) is 0 Å². The molecule has 0 aromatic carbocycles. The fourth-order valence-corrected chi connectivity index (χ4v) is 4.28. The van der Waals surface area contributed by atoms with Crippen LogP contribution in [0.15, 0.2) is 12.2 Å². The topological polar surface area (TPSA) is 102 Å². The normalized spacial score (nSPS) is 12.5. The van der Waals surface area contributed by atoms with Gasteiger partial charge < -0.3 is 19.4 Å². The van der Waals surface area contributed by atoms with Gasteiger partial charge in [-0.05, 0) is 59.3 Å². The molecule has 0 aliphatic carbocycles. The van der Waals surface area contributed by atoms with Gasteiger partial charge in [0.25, 0.3) is 5.91 Å². The lowest BCUT2D eigenvalue weighted by Gasteiger charge is -2.26. The lowest BCUT2D eigenvalue weighted by Crippen LogP contribution is -2.31. The molecule has 0 radical (unpaired) electrons. The Morgan fingerprint density at radius 2 is 1.37 bits per heavy atom. The lowest BCUT2D eigenvalue weighted by molar-refractivity contribution is -0.193. The highest BCUT2D eigenvalue weighted by molar-refractivity contribution is 5.86. The van der Waals surface area contributed by atoms with Crippen molar-refractivity contribution in [1.82, 2.24) is 5.06 Å².